The van der Waals surface area contributed by atoms with Crippen LogP contribution in [0.5, 0.6) is 0 Å². The van der Waals surface area contributed by atoms with Gasteiger partial charge in [-0.15, -0.1) is 5.10 Å². The molecule has 0 aliphatic rings. The summed E-state index contributed by atoms with van der Waals surface area (Å²) in [6, 6.07) is 4.49. The zero-order valence-electron chi connectivity index (χ0n) is 10.9. The van der Waals surface area contributed by atoms with Gasteiger partial charge in [-0.05, 0) is 19.9 Å². The Hall–Kier alpha value is -1.99. The van der Waals surface area contributed by atoms with E-state index in [-0.39, 0.29) is 12.2 Å². The third kappa shape index (κ3) is 2.94. The SMILES string of the molecule is CC(C)(O)c1cn(Cc2c(Cl)cccc2[N+](=O)[O-])nn1. The van der Waals surface area contributed by atoms with Crippen LogP contribution < -0.4 is 0 Å². The highest BCUT2D eigenvalue weighted by Crippen LogP contribution is 2.27. The Balaban J connectivity index is 2.35. The molecule has 1 aromatic heterocycles. The number of hydrogen-bond donors (Lipinski definition) is 1. The lowest BCUT2D eigenvalue weighted by molar-refractivity contribution is -0.385. The van der Waals surface area contributed by atoms with Crippen molar-refractivity contribution in [3.8, 4) is 0 Å². The van der Waals surface area contributed by atoms with Crippen LogP contribution in [0.15, 0.2) is 24.4 Å². The molecule has 1 aromatic carbocycles. The second-order valence-electron chi connectivity index (χ2n) is 4.86. The van der Waals surface area contributed by atoms with E-state index in [1.54, 1.807) is 19.9 Å². The van der Waals surface area contributed by atoms with Gasteiger partial charge in [0.1, 0.15) is 11.3 Å². The number of halogens is 1. The van der Waals surface area contributed by atoms with Gasteiger partial charge in [0.25, 0.3) is 5.69 Å². The molecule has 0 aliphatic heterocycles. The summed E-state index contributed by atoms with van der Waals surface area (Å²) in [5, 5.41) is 28.8. The number of benzene rings is 1. The molecule has 0 radical (unpaired) electrons. The topological polar surface area (TPSA) is 94.1 Å². The van der Waals surface area contributed by atoms with Crippen molar-refractivity contribution in [1.29, 1.82) is 0 Å². The Morgan fingerprint density at radius 2 is 2.20 bits per heavy atom. The molecule has 0 fully saturated rings. The molecule has 0 spiro atoms. The summed E-state index contributed by atoms with van der Waals surface area (Å²) in [5.74, 6) is 0. The van der Waals surface area contributed by atoms with Crippen LogP contribution in [0.4, 0.5) is 5.69 Å². The highest BCUT2D eigenvalue weighted by molar-refractivity contribution is 6.31. The first-order chi connectivity index (χ1) is 9.29. The summed E-state index contributed by atoms with van der Waals surface area (Å²) in [5.41, 5.74) is -0.457. The van der Waals surface area contributed by atoms with Crippen molar-refractivity contribution >= 4 is 17.3 Å². The largest absolute Gasteiger partial charge is 0.384 e. The number of aromatic nitrogens is 3. The average molecular weight is 297 g/mol. The smallest absolute Gasteiger partial charge is 0.275 e. The Kier molecular flexibility index (Phi) is 3.74. The number of hydrogen-bond acceptors (Lipinski definition) is 5. The van der Waals surface area contributed by atoms with Crippen molar-refractivity contribution in [1.82, 2.24) is 15.0 Å². The quantitative estimate of drug-likeness (QED) is 0.689. The Morgan fingerprint density at radius 3 is 2.75 bits per heavy atom. The fourth-order valence-corrected chi connectivity index (χ4v) is 1.92. The summed E-state index contributed by atoms with van der Waals surface area (Å²) in [4.78, 5) is 10.5. The van der Waals surface area contributed by atoms with Crippen LogP contribution in [0, 0.1) is 10.1 Å². The predicted molar refractivity (Wildman–Crippen MR) is 72.5 cm³/mol. The van der Waals surface area contributed by atoms with E-state index < -0.39 is 10.5 Å². The summed E-state index contributed by atoms with van der Waals surface area (Å²) in [6.45, 7) is 3.28. The van der Waals surface area contributed by atoms with Crippen molar-refractivity contribution in [3.63, 3.8) is 0 Å². The van der Waals surface area contributed by atoms with Gasteiger partial charge in [-0.1, -0.05) is 22.9 Å². The van der Waals surface area contributed by atoms with Crippen LogP contribution in [0.3, 0.4) is 0 Å². The molecule has 7 nitrogen and oxygen atoms in total. The maximum atomic E-state index is 11.0. The predicted octanol–water partition coefficient (Wildman–Crippen LogP) is 2.12. The normalized spacial score (nSPS) is 11.6. The van der Waals surface area contributed by atoms with E-state index in [1.165, 1.54) is 23.0 Å². The molecule has 0 saturated heterocycles. The van der Waals surface area contributed by atoms with E-state index in [2.05, 4.69) is 10.3 Å². The van der Waals surface area contributed by atoms with Crippen LogP contribution >= 0.6 is 11.6 Å². The monoisotopic (exact) mass is 296 g/mol. The average Bonchev–Trinajstić information content (AvgIpc) is 2.79. The van der Waals surface area contributed by atoms with Crippen LogP contribution in [-0.2, 0) is 12.1 Å². The molecule has 2 rings (SSSR count). The molecule has 8 heteroatoms. The van der Waals surface area contributed by atoms with Crippen molar-refractivity contribution < 1.29 is 10.0 Å². The third-order valence-electron chi connectivity index (χ3n) is 2.78. The standard InChI is InChI=1S/C12H13ClN4O3/c1-12(2,18)11-7-16(15-14-11)6-8-9(13)4-3-5-10(8)17(19)20/h3-5,7,18H,6H2,1-2H3. The van der Waals surface area contributed by atoms with Gasteiger partial charge in [-0.25, -0.2) is 4.68 Å². The van der Waals surface area contributed by atoms with Gasteiger partial charge in [-0.2, -0.15) is 0 Å². The lowest BCUT2D eigenvalue weighted by Crippen LogP contribution is -2.15. The number of aliphatic hydroxyl groups is 1. The Labute approximate surface area is 119 Å². The summed E-state index contributed by atoms with van der Waals surface area (Å²) >= 11 is 6.00. The molecule has 0 bridgehead atoms. The second kappa shape index (κ2) is 5.18. The summed E-state index contributed by atoms with van der Waals surface area (Å²) in [7, 11) is 0. The van der Waals surface area contributed by atoms with E-state index in [0.717, 1.165) is 0 Å². The number of nitro groups is 1. The Morgan fingerprint density at radius 1 is 1.50 bits per heavy atom. The summed E-state index contributed by atoms with van der Waals surface area (Å²) in [6.07, 6.45) is 1.53. The number of rotatable bonds is 4. The van der Waals surface area contributed by atoms with Gasteiger partial charge >= 0.3 is 0 Å². The molecule has 0 aliphatic carbocycles. The fraction of sp³-hybridized carbons (Fsp3) is 0.333. The highest BCUT2D eigenvalue weighted by Gasteiger charge is 2.22. The minimum absolute atomic E-state index is 0.0715. The van der Waals surface area contributed by atoms with Crippen molar-refractivity contribution in [2.24, 2.45) is 0 Å². The highest BCUT2D eigenvalue weighted by atomic mass is 35.5. The van der Waals surface area contributed by atoms with Crippen molar-refractivity contribution in [2.75, 3.05) is 0 Å². The van der Waals surface area contributed by atoms with Gasteiger partial charge in [0.15, 0.2) is 0 Å². The second-order valence-corrected chi connectivity index (χ2v) is 5.26. The molecule has 0 amide bonds. The zero-order chi connectivity index (χ0) is 14.9. The lowest BCUT2D eigenvalue weighted by atomic mass is 10.1. The molecule has 0 atom stereocenters. The summed E-state index contributed by atoms with van der Waals surface area (Å²) < 4.78 is 1.40. The van der Waals surface area contributed by atoms with E-state index in [1.807, 2.05) is 0 Å². The van der Waals surface area contributed by atoms with Crippen LogP contribution in [-0.4, -0.2) is 25.0 Å². The molecular weight excluding hydrogens is 284 g/mol. The van der Waals surface area contributed by atoms with Crippen molar-refractivity contribution in [2.45, 2.75) is 26.0 Å². The first-order valence-corrected chi connectivity index (χ1v) is 6.21. The minimum atomic E-state index is -1.12. The molecule has 0 unspecified atom stereocenters. The molecule has 20 heavy (non-hydrogen) atoms. The van der Waals surface area contributed by atoms with Gasteiger partial charge in [0.05, 0.1) is 28.3 Å². The van der Waals surface area contributed by atoms with Gasteiger partial charge in [-0.3, -0.25) is 10.1 Å². The maximum Gasteiger partial charge on any atom is 0.275 e. The van der Waals surface area contributed by atoms with E-state index in [4.69, 9.17) is 11.6 Å². The van der Waals surface area contributed by atoms with Crippen LogP contribution in [0.2, 0.25) is 5.02 Å². The van der Waals surface area contributed by atoms with Gasteiger partial charge in [0, 0.05) is 6.07 Å². The van der Waals surface area contributed by atoms with Crippen LogP contribution in [0.25, 0.3) is 0 Å². The van der Waals surface area contributed by atoms with E-state index in [0.29, 0.717) is 16.3 Å². The molecule has 1 N–H and O–H groups in total. The first kappa shape index (κ1) is 14.4. The maximum absolute atomic E-state index is 11.0. The lowest BCUT2D eigenvalue weighted by Gasteiger charge is -2.11. The van der Waals surface area contributed by atoms with E-state index in [9.17, 15) is 15.2 Å². The zero-order valence-corrected chi connectivity index (χ0v) is 11.7. The van der Waals surface area contributed by atoms with Gasteiger partial charge in [0.2, 0.25) is 0 Å². The molecule has 106 valence electrons. The van der Waals surface area contributed by atoms with E-state index >= 15 is 0 Å². The molecule has 0 saturated carbocycles. The van der Waals surface area contributed by atoms with Crippen molar-refractivity contribution in [3.05, 3.63) is 50.8 Å². The molecule has 2 aromatic rings. The first-order valence-electron chi connectivity index (χ1n) is 5.84. The fourth-order valence-electron chi connectivity index (χ4n) is 1.69. The number of nitrogens with zero attached hydrogens (tertiary/aromatic N) is 4. The van der Waals surface area contributed by atoms with Gasteiger partial charge < -0.3 is 5.11 Å². The minimum Gasteiger partial charge on any atom is -0.384 e. The van der Waals surface area contributed by atoms with Crippen LogP contribution in [0.1, 0.15) is 25.1 Å². The molecule has 1 heterocycles. The third-order valence-corrected chi connectivity index (χ3v) is 3.13. The number of nitro benzene ring substituents is 1. The molecular formula is C12H13ClN4O3. The Bertz CT molecular complexity index is 648.